The number of para-hydroxylation sites is 1. The first-order valence-electron chi connectivity index (χ1n) is 5.85. The molecule has 1 aromatic rings. The number of anilines is 1. The number of hydrogen-bond donors (Lipinski definition) is 1. The number of carbonyl (C=O) groups excluding carboxylic acids is 1. The molecule has 0 saturated carbocycles. The van der Waals surface area contributed by atoms with Gasteiger partial charge in [-0.25, -0.2) is 0 Å². The lowest BCUT2D eigenvalue weighted by atomic mass is 10.0. The monoisotopic (exact) mass is 254 g/mol. The summed E-state index contributed by atoms with van der Waals surface area (Å²) in [5, 5.41) is 3.28. The van der Waals surface area contributed by atoms with Gasteiger partial charge in [0.1, 0.15) is 0 Å². The summed E-state index contributed by atoms with van der Waals surface area (Å²) in [5.41, 5.74) is 0.958. The molecule has 4 heteroatoms. The molecule has 1 aromatic carbocycles. The van der Waals surface area contributed by atoms with Crippen molar-refractivity contribution in [2.45, 2.75) is 25.3 Å². The van der Waals surface area contributed by atoms with Crippen LogP contribution < -0.4 is 10.2 Å². The summed E-state index contributed by atoms with van der Waals surface area (Å²) in [6.07, 6.45) is 3.28. The Hall–Kier alpha value is -1.06. The summed E-state index contributed by atoms with van der Waals surface area (Å²) < 4.78 is 0. The second-order valence-electron chi connectivity index (χ2n) is 4.24. The number of amides is 1. The Balaban J connectivity index is 0.00000144. The highest BCUT2D eigenvalue weighted by Crippen LogP contribution is 2.15. The van der Waals surface area contributed by atoms with Crippen molar-refractivity contribution in [1.29, 1.82) is 0 Å². The topological polar surface area (TPSA) is 32.3 Å². The minimum absolute atomic E-state index is 0. The van der Waals surface area contributed by atoms with Gasteiger partial charge in [0.15, 0.2) is 0 Å². The molecule has 1 amide bonds. The SMILES string of the molecule is CN(C(=O)[C@H]1CCCCN1)c1ccccc1.Cl. The summed E-state index contributed by atoms with van der Waals surface area (Å²) in [6.45, 7) is 0.957. The number of hydrogen-bond acceptors (Lipinski definition) is 2. The van der Waals surface area contributed by atoms with Gasteiger partial charge in [-0.15, -0.1) is 12.4 Å². The van der Waals surface area contributed by atoms with Gasteiger partial charge in [0.25, 0.3) is 0 Å². The number of nitrogens with zero attached hydrogens (tertiary/aromatic N) is 1. The van der Waals surface area contributed by atoms with E-state index >= 15 is 0 Å². The van der Waals surface area contributed by atoms with Crippen LogP contribution in [-0.2, 0) is 4.79 Å². The maximum atomic E-state index is 12.2. The molecule has 0 spiro atoms. The lowest BCUT2D eigenvalue weighted by molar-refractivity contribution is -0.120. The zero-order chi connectivity index (χ0) is 11.4. The van der Waals surface area contributed by atoms with Gasteiger partial charge in [-0.3, -0.25) is 4.79 Å². The van der Waals surface area contributed by atoms with Crippen molar-refractivity contribution in [2.75, 3.05) is 18.5 Å². The van der Waals surface area contributed by atoms with E-state index in [-0.39, 0.29) is 24.4 Å². The second-order valence-corrected chi connectivity index (χ2v) is 4.24. The Morgan fingerprint density at radius 1 is 1.29 bits per heavy atom. The van der Waals surface area contributed by atoms with E-state index in [0.29, 0.717) is 0 Å². The number of rotatable bonds is 2. The molecule has 2 rings (SSSR count). The summed E-state index contributed by atoms with van der Waals surface area (Å²) in [5.74, 6) is 0.172. The van der Waals surface area contributed by atoms with Crippen LogP contribution in [0, 0.1) is 0 Å². The molecule has 1 saturated heterocycles. The van der Waals surface area contributed by atoms with Crippen LogP contribution in [0.2, 0.25) is 0 Å². The first-order valence-corrected chi connectivity index (χ1v) is 5.85. The lowest BCUT2D eigenvalue weighted by Crippen LogP contribution is -2.47. The molecule has 0 bridgehead atoms. The predicted octanol–water partition coefficient (Wildman–Crippen LogP) is 2.21. The highest BCUT2D eigenvalue weighted by atomic mass is 35.5. The van der Waals surface area contributed by atoms with Gasteiger partial charge in [0.05, 0.1) is 6.04 Å². The second kappa shape index (κ2) is 6.62. The molecule has 1 heterocycles. The first kappa shape index (κ1) is 14.0. The molecule has 1 fully saturated rings. The fourth-order valence-corrected chi connectivity index (χ4v) is 2.08. The summed E-state index contributed by atoms with van der Waals surface area (Å²) >= 11 is 0. The minimum atomic E-state index is -0.000967. The average Bonchev–Trinajstić information content (AvgIpc) is 2.39. The molecule has 17 heavy (non-hydrogen) atoms. The van der Waals surface area contributed by atoms with E-state index in [0.717, 1.165) is 25.1 Å². The summed E-state index contributed by atoms with van der Waals surface area (Å²) in [7, 11) is 1.84. The Bertz CT molecular complexity index is 350. The van der Waals surface area contributed by atoms with Crippen molar-refractivity contribution >= 4 is 24.0 Å². The van der Waals surface area contributed by atoms with Gasteiger partial charge >= 0.3 is 0 Å². The van der Waals surface area contributed by atoms with Crippen LogP contribution in [-0.4, -0.2) is 25.5 Å². The van der Waals surface area contributed by atoms with Crippen molar-refractivity contribution in [3.05, 3.63) is 30.3 Å². The third-order valence-corrected chi connectivity index (χ3v) is 3.08. The lowest BCUT2D eigenvalue weighted by Gasteiger charge is -2.27. The van der Waals surface area contributed by atoms with E-state index in [1.54, 1.807) is 4.90 Å². The molecule has 1 aliphatic rings. The fourth-order valence-electron chi connectivity index (χ4n) is 2.08. The maximum absolute atomic E-state index is 12.2. The summed E-state index contributed by atoms with van der Waals surface area (Å²) in [4.78, 5) is 13.9. The number of halogens is 1. The van der Waals surface area contributed by atoms with Gasteiger partial charge in [0, 0.05) is 12.7 Å². The quantitative estimate of drug-likeness (QED) is 0.878. The van der Waals surface area contributed by atoms with E-state index < -0.39 is 0 Å². The molecule has 3 nitrogen and oxygen atoms in total. The van der Waals surface area contributed by atoms with Crippen molar-refractivity contribution < 1.29 is 4.79 Å². The van der Waals surface area contributed by atoms with Gasteiger partial charge in [0.2, 0.25) is 5.91 Å². The van der Waals surface area contributed by atoms with Crippen molar-refractivity contribution in [3.8, 4) is 0 Å². The van der Waals surface area contributed by atoms with E-state index in [4.69, 9.17) is 0 Å². The fraction of sp³-hybridized carbons (Fsp3) is 0.462. The van der Waals surface area contributed by atoms with Gasteiger partial charge in [-0.1, -0.05) is 24.6 Å². The molecule has 1 atom stereocenters. The normalized spacial score (nSPS) is 19.2. The maximum Gasteiger partial charge on any atom is 0.243 e. The van der Waals surface area contributed by atoms with Crippen molar-refractivity contribution in [1.82, 2.24) is 5.32 Å². The molecule has 1 aliphatic heterocycles. The molecule has 0 unspecified atom stereocenters. The van der Waals surface area contributed by atoms with Crippen molar-refractivity contribution in [2.24, 2.45) is 0 Å². The summed E-state index contributed by atoms with van der Waals surface area (Å²) in [6, 6.07) is 9.78. The smallest absolute Gasteiger partial charge is 0.243 e. The third-order valence-electron chi connectivity index (χ3n) is 3.08. The van der Waals surface area contributed by atoms with Gasteiger partial charge in [-0.05, 0) is 31.5 Å². The molecular weight excluding hydrogens is 236 g/mol. The van der Waals surface area contributed by atoms with Gasteiger partial charge < -0.3 is 10.2 Å². The molecule has 94 valence electrons. The number of carbonyl (C=O) groups is 1. The number of piperidine rings is 1. The zero-order valence-corrected chi connectivity index (χ0v) is 10.9. The molecule has 0 aliphatic carbocycles. The van der Waals surface area contributed by atoms with E-state index in [1.807, 2.05) is 37.4 Å². The van der Waals surface area contributed by atoms with Crippen LogP contribution >= 0.6 is 12.4 Å². The largest absolute Gasteiger partial charge is 0.314 e. The average molecular weight is 255 g/mol. The van der Waals surface area contributed by atoms with Crippen LogP contribution in [0.1, 0.15) is 19.3 Å². The Labute approximate surface area is 109 Å². The number of nitrogens with one attached hydrogen (secondary N) is 1. The molecule has 0 aromatic heterocycles. The van der Waals surface area contributed by atoms with E-state index in [1.165, 1.54) is 6.42 Å². The molecule has 0 radical (unpaired) electrons. The van der Waals surface area contributed by atoms with E-state index in [9.17, 15) is 4.79 Å². The highest BCUT2D eigenvalue weighted by molar-refractivity contribution is 5.96. The minimum Gasteiger partial charge on any atom is -0.314 e. The Morgan fingerprint density at radius 2 is 2.00 bits per heavy atom. The predicted molar refractivity (Wildman–Crippen MR) is 72.7 cm³/mol. The molecular formula is C13H19ClN2O. The zero-order valence-electron chi connectivity index (χ0n) is 10.1. The van der Waals surface area contributed by atoms with E-state index in [2.05, 4.69) is 5.32 Å². The first-order chi connectivity index (χ1) is 7.79. The van der Waals surface area contributed by atoms with Crippen LogP contribution in [0.5, 0.6) is 0 Å². The number of likely N-dealkylation sites (N-methyl/N-ethyl adjacent to an activating group) is 1. The Morgan fingerprint density at radius 3 is 2.59 bits per heavy atom. The third kappa shape index (κ3) is 3.45. The highest BCUT2D eigenvalue weighted by Gasteiger charge is 2.23. The van der Waals surface area contributed by atoms with Crippen LogP contribution in [0.15, 0.2) is 30.3 Å². The van der Waals surface area contributed by atoms with Gasteiger partial charge in [-0.2, -0.15) is 0 Å². The van der Waals surface area contributed by atoms with Crippen LogP contribution in [0.25, 0.3) is 0 Å². The standard InChI is InChI=1S/C13H18N2O.ClH/c1-15(11-7-3-2-4-8-11)13(16)12-9-5-6-10-14-12;/h2-4,7-8,12,14H,5-6,9-10H2,1H3;1H/t12-;/m1./s1. The van der Waals surface area contributed by atoms with Crippen LogP contribution in [0.3, 0.4) is 0 Å². The van der Waals surface area contributed by atoms with Crippen molar-refractivity contribution in [3.63, 3.8) is 0 Å². The molecule has 1 N–H and O–H groups in total. The Kier molecular flexibility index (Phi) is 5.45. The van der Waals surface area contributed by atoms with Crippen LogP contribution in [0.4, 0.5) is 5.69 Å². The number of benzene rings is 1.